The summed E-state index contributed by atoms with van der Waals surface area (Å²) in [6.45, 7) is 14.0. The van der Waals surface area contributed by atoms with Crippen LogP contribution in [0, 0.1) is 17.8 Å². The van der Waals surface area contributed by atoms with E-state index >= 15 is 0 Å². The van der Waals surface area contributed by atoms with Gasteiger partial charge in [0.15, 0.2) is 8.32 Å². The average molecular weight is 668 g/mol. The third-order valence-electron chi connectivity index (χ3n) is 12.2. The van der Waals surface area contributed by atoms with Gasteiger partial charge in [0.2, 0.25) is 0 Å². The molecule has 6 nitrogen and oxygen atoms in total. The van der Waals surface area contributed by atoms with Crippen LogP contribution in [-0.4, -0.2) is 58.4 Å². The number of aliphatic hydroxyl groups is 1. The molecular weight excluding hydrogens is 614 g/mol. The molecule has 0 saturated heterocycles. The van der Waals surface area contributed by atoms with Crippen LogP contribution in [0.4, 0.5) is 5.69 Å². The molecule has 8 heteroatoms. The summed E-state index contributed by atoms with van der Waals surface area (Å²) in [7, 11) is -0.609. The quantitative estimate of drug-likeness (QED) is 0.236. The molecule has 1 N–H and O–H groups in total. The van der Waals surface area contributed by atoms with Crippen LogP contribution < -0.4 is 9.64 Å². The van der Waals surface area contributed by atoms with Gasteiger partial charge in [0.25, 0.3) is 0 Å². The fourth-order valence-electron chi connectivity index (χ4n) is 8.45. The van der Waals surface area contributed by atoms with Gasteiger partial charge < -0.3 is 23.9 Å². The molecule has 46 heavy (non-hydrogen) atoms. The molecule has 3 aliphatic carbocycles. The van der Waals surface area contributed by atoms with E-state index < -0.39 is 8.32 Å². The molecule has 1 spiro atoms. The minimum Gasteiger partial charge on any atom is -0.490 e. The summed E-state index contributed by atoms with van der Waals surface area (Å²) in [5.74, 6) is 1.77. The summed E-state index contributed by atoms with van der Waals surface area (Å²) in [6.07, 6.45) is 9.34. The number of fused-ring (bicyclic) bond motifs is 3. The van der Waals surface area contributed by atoms with E-state index in [4.69, 9.17) is 25.5 Å². The van der Waals surface area contributed by atoms with Crippen LogP contribution in [0.2, 0.25) is 23.2 Å². The van der Waals surface area contributed by atoms with Crippen molar-refractivity contribution in [3.05, 3.63) is 58.1 Å². The zero-order chi connectivity index (χ0) is 32.9. The van der Waals surface area contributed by atoms with Crippen LogP contribution in [0.15, 0.2) is 36.4 Å². The highest BCUT2D eigenvalue weighted by atomic mass is 35.5. The topological polar surface area (TPSA) is 68.2 Å². The lowest BCUT2D eigenvalue weighted by Gasteiger charge is -2.52. The largest absolute Gasteiger partial charge is 0.490 e. The second kappa shape index (κ2) is 13.1. The first-order valence-electron chi connectivity index (χ1n) is 17.6. The zero-order valence-electron chi connectivity index (χ0n) is 28.7. The highest BCUT2D eigenvalue weighted by Gasteiger charge is 2.49. The molecule has 0 radical (unpaired) electrons. The Balaban J connectivity index is 1.35. The van der Waals surface area contributed by atoms with Crippen molar-refractivity contribution in [2.45, 2.75) is 114 Å². The van der Waals surface area contributed by atoms with Crippen molar-refractivity contribution in [2.24, 2.45) is 17.8 Å². The molecule has 0 unspecified atom stereocenters. The maximum absolute atomic E-state index is 12.7. The number of methoxy groups -OCH3 is 1. The van der Waals surface area contributed by atoms with Gasteiger partial charge in [-0.3, -0.25) is 0 Å². The lowest BCUT2D eigenvalue weighted by atomic mass is 9.65. The SMILES string of the molecule is COC(=O)c1ccc2c(c1)N(C[C@@H]1CC[C@H]1[C@H](O[Si](C)(C)C(C)(C)C)[C@@H]1CCC[C@H](O)C1)C[C@@]1(CCCc3cc(Cl)ccc31)CO2. The molecule has 0 aromatic heterocycles. The number of halogens is 1. The van der Waals surface area contributed by atoms with E-state index in [9.17, 15) is 9.90 Å². The van der Waals surface area contributed by atoms with Crippen LogP contribution >= 0.6 is 11.6 Å². The molecule has 2 aromatic rings. The summed E-state index contributed by atoms with van der Waals surface area (Å²) in [6, 6.07) is 12.1. The number of hydrogen-bond acceptors (Lipinski definition) is 6. The van der Waals surface area contributed by atoms with E-state index in [0.29, 0.717) is 29.9 Å². The number of carbonyl (C=O) groups excluding carboxylic acids is 1. The van der Waals surface area contributed by atoms with Gasteiger partial charge in [-0.25, -0.2) is 4.79 Å². The highest BCUT2D eigenvalue weighted by Crippen LogP contribution is 2.50. The predicted molar refractivity (Wildman–Crippen MR) is 188 cm³/mol. The van der Waals surface area contributed by atoms with Crippen molar-refractivity contribution in [3.63, 3.8) is 0 Å². The minimum atomic E-state index is -2.04. The Bertz CT molecular complexity index is 1420. The standard InChI is InChI=1S/C38H54ClNO5Si/c1-37(2,3)46(5,6)45-35(26-9-7-11-30(41)20-26)31-15-12-28(31)22-40-23-38(18-8-10-25-19-29(39)14-16-32(25)38)24-44-34-17-13-27(21-33(34)40)36(42)43-4/h13-14,16-17,19,21,26,28,30-31,35,41H,7-12,15,18,20,22-24H2,1-6H3/t26-,28+,30+,31-,35-,38+/m1/s1. The number of ether oxygens (including phenoxy) is 2. The molecule has 2 aromatic carbocycles. The molecule has 0 amide bonds. The van der Waals surface area contributed by atoms with Crippen LogP contribution in [0.3, 0.4) is 0 Å². The molecule has 252 valence electrons. The number of aryl methyl sites for hydroxylation is 1. The first-order chi connectivity index (χ1) is 21.8. The molecule has 6 rings (SSSR count). The normalized spacial score (nSPS) is 28.7. The molecule has 0 bridgehead atoms. The molecule has 6 atom stereocenters. The van der Waals surface area contributed by atoms with Gasteiger partial charge in [0.1, 0.15) is 5.75 Å². The fourth-order valence-corrected chi connectivity index (χ4v) is 10.0. The summed E-state index contributed by atoms with van der Waals surface area (Å²) < 4.78 is 19.2. The molecule has 2 saturated carbocycles. The summed E-state index contributed by atoms with van der Waals surface area (Å²) in [4.78, 5) is 15.2. The van der Waals surface area contributed by atoms with Gasteiger partial charge in [0, 0.05) is 23.5 Å². The number of nitrogens with zero attached hydrogens (tertiary/aromatic N) is 1. The van der Waals surface area contributed by atoms with E-state index in [-0.39, 0.29) is 28.6 Å². The summed E-state index contributed by atoms with van der Waals surface area (Å²) >= 11 is 6.48. The van der Waals surface area contributed by atoms with Crippen LogP contribution in [0.1, 0.15) is 93.6 Å². The van der Waals surface area contributed by atoms with Crippen molar-refractivity contribution >= 4 is 31.6 Å². The van der Waals surface area contributed by atoms with E-state index in [1.807, 2.05) is 24.3 Å². The Labute approximate surface area is 282 Å². The van der Waals surface area contributed by atoms with Gasteiger partial charge in [0.05, 0.1) is 37.2 Å². The summed E-state index contributed by atoms with van der Waals surface area (Å²) in [5.41, 5.74) is 4.01. The van der Waals surface area contributed by atoms with Gasteiger partial charge in [-0.2, -0.15) is 0 Å². The number of hydrogen-bond donors (Lipinski definition) is 1. The van der Waals surface area contributed by atoms with Crippen molar-refractivity contribution in [3.8, 4) is 5.75 Å². The van der Waals surface area contributed by atoms with E-state index in [2.05, 4.69) is 50.9 Å². The number of carbonyl (C=O) groups is 1. The second-order valence-corrected chi connectivity index (χ2v) is 21.4. The Kier molecular flexibility index (Phi) is 9.63. The minimum absolute atomic E-state index is 0.118. The third kappa shape index (κ3) is 6.63. The predicted octanol–water partition coefficient (Wildman–Crippen LogP) is 8.57. The first kappa shape index (κ1) is 33.8. The van der Waals surface area contributed by atoms with Gasteiger partial charge in [-0.1, -0.05) is 44.9 Å². The van der Waals surface area contributed by atoms with Crippen molar-refractivity contribution in [1.29, 1.82) is 0 Å². The Morgan fingerprint density at radius 3 is 2.63 bits per heavy atom. The Morgan fingerprint density at radius 2 is 1.93 bits per heavy atom. The first-order valence-corrected chi connectivity index (χ1v) is 20.8. The number of rotatable bonds is 7. The molecule has 4 aliphatic rings. The maximum atomic E-state index is 12.7. The number of anilines is 1. The maximum Gasteiger partial charge on any atom is 0.337 e. The molecular formula is C38H54ClNO5Si. The van der Waals surface area contributed by atoms with Gasteiger partial charge in [-0.15, -0.1) is 0 Å². The lowest BCUT2D eigenvalue weighted by Crippen LogP contribution is -2.54. The molecule has 2 fully saturated rings. The van der Waals surface area contributed by atoms with Crippen LogP contribution in [0.5, 0.6) is 5.75 Å². The van der Waals surface area contributed by atoms with Gasteiger partial charge >= 0.3 is 5.97 Å². The second-order valence-electron chi connectivity index (χ2n) is 16.2. The van der Waals surface area contributed by atoms with Crippen LogP contribution in [-0.2, 0) is 21.0 Å². The number of esters is 1. The summed E-state index contributed by atoms with van der Waals surface area (Å²) in [5, 5.41) is 11.6. The van der Waals surface area contributed by atoms with E-state index in [0.717, 1.165) is 87.3 Å². The average Bonchev–Trinajstić information content (AvgIpc) is 3.14. The number of aliphatic hydroxyl groups excluding tert-OH is 1. The monoisotopic (exact) mass is 667 g/mol. The van der Waals surface area contributed by atoms with Crippen molar-refractivity contribution in [1.82, 2.24) is 0 Å². The van der Waals surface area contributed by atoms with Gasteiger partial charge in [-0.05, 0) is 129 Å². The third-order valence-corrected chi connectivity index (χ3v) is 16.9. The van der Waals surface area contributed by atoms with E-state index in [1.165, 1.54) is 18.2 Å². The Hall–Kier alpha value is -2.06. The van der Waals surface area contributed by atoms with Crippen LogP contribution in [0.25, 0.3) is 0 Å². The molecule has 1 aliphatic heterocycles. The zero-order valence-corrected chi connectivity index (χ0v) is 30.5. The van der Waals surface area contributed by atoms with E-state index in [1.54, 1.807) is 0 Å². The highest BCUT2D eigenvalue weighted by molar-refractivity contribution is 6.74. The van der Waals surface area contributed by atoms with Crippen molar-refractivity contribution < 1.29 is 23.8 Å². The van der Waals surface area contributed by atoms with Crippen molar-refractivity contribution in [2.75, 3.05) is 31.7 Å². The molecule has 1 heterocycles. The Morgan fingerprint density at radius 1 is 1.13 bits per heavy atom. The fraction of sp³-hybridized carbons (Fsp3) is 0.658. The number of benzene rings is 2. The smallest absolute Gasteiger partial charge is 0.337 e. The lowest BCUT2D eigenvalue weighted by molar-refractivity contribution is -0.0409.